The van der Waals surface area contributed by atoms with Gasteiger partial charge >= 0.3 is 0 Å². The molecule has 0 spiro atoms. The normalized spacial score (nSPS) is 57.5. The average molecular weight is 282 g/mol. The lowest BCUT2D eigenvalue weighted by Gasteiger charge is -2.28. The first-order valence-electron chi connectivity index (χ1n) is 9.62. The number of hydrogen-bond acceptors (Lipinski definition) is 0. The largest absolute Gasteiger partial charge is 0.0848 e. The van der Waals surface area contributed by atoms with Crippen molar-refractivity contribution in [2.24, 2.45) is 46.8 Å². The molecule has 0 aromatic heterocycles. The van der Waals surface area contributed by atoms with Crippen molar-refractivity contribution in [3.05, 3.63) is 24.3 Å². The van der Waals surface area contributed by atoms with Gasteiger partial charge in [0.25, 0.3) is 0 Å². The van der Waals surface area contributed by atoms with Crippen LogP contribution in [-0.2, 0) is 0 Å². The van der Waals surface area contributed by atoms with Crippen LogP contribution in [-0.4, -0.2) is 0 Å². The predicted octanol–water partition coefficient (Wildman–Crippen LogP) is 5.61. The Morgan fingerprint density at radius 1 is 0.762 bits per heavy atom. The molecule has 0 radical (unpaired) electrons. The third-order valence-corrected chi connectivity index (χ3v) is 8.24. The Balaban J connectivity index is 0.0000000996. The molecule has 0 N–H and O–H groups in total. The van der Waals surface area contributed by atoms with Crippen LogP contribution in [0, 0.1) is 46.8 Å². The first kappa shape index (κ1) is 13.0. The topological polar surface area (TPSA) is 0 Å². The molecular formula is C21H30. The second kappa shape index (κ2) is 4.49. The first-order chi connectivity index (χ1) is 10.2. The summed E-state index contributed by atoms with van der Waals surface area (Å²) in [5, 5.41) is 0. The van der Waals surface area contributed by atoms with E-state index in [0.717, 1.165) is 41.4 Å². The van der Waals surface area contributed by atoms with Crippen LogP contribution in [0.3, 0.4) is 0 Å². The summed E-state index contributed by atoms with van der Waals surface area (Å²) >= 11 is 0. The molecule has 6 aliphatic carbocycles. The molecule has 4 bridgehead atoms. The second-order valence-electron chi connectivity index (χ2n) is 9.14. The Morgan fingerprint density at radius 2 is 1.43 bits per heavy atom. The summed E-state index contributed by atoms with van der Waals surface area (Å²) in [6.07, 6.45) is 22.1. The highest BCUT2D eigenvalue weighted by molar-refractivity contribution is 5.21. The SMILES string of the molecule is C1=CC2CC1C1CCCC21.CC12C=CC(C1)C1CCCC12. The molecule has 0 amide bonds. The Bertz CT molecular complexity index is 468. The highest BCUT2D eigenvalue weighted by Gasteiger charge is 2.53. The summed E-state index contributed by atoms with van der Waals surface area (Å²) in [7, 11) is 0. The lowest BCUT2D eigenvalue weighted by Crippen LogP contribution is -2.20. The minimum atomic E-state index is 0.631. The molecule has 0 aromatic carbocycles. The van der Waals surface area contributed by atoms with Gasteiger partial charge in [0, 0.05) is 0 Å². The van der Waals surface area contributed by atoms with Gasteiger partial charge in [-0.15, -0.1) is 0 Å². The minimum Gasteiger partial charge on any atom is -0.0848 e. The summed E-state index contributed by atoms with van der Waals surface area (Å²) in [6.45, 7) is 2.47. The standard InChI is InChI=1S/C11H16.C10H14/c1-11-6-5-8(7-11)9-3-2-4-10(9)11;1-2-9-7-4-5-8(6-7)10(9)3-1/h5-6,8-10H,2-4,7H2,1H3;4-5,7-10H,1-3,6H2. The van der Waals surface area contributed by atoms with E-state index in [-0.39, 0.29) is 0 Å². The van der Waals surface area contributed by atoms with Gasteiger partial charge in [-0.05, 0) is 85.4 Å². The average Bonchev–Trinajstić information content (AvgIpc) is 3.25. The number of hydrogen-bond donors (Lipinski definition) is 0. The smallest absolute Gasteiger partial charge is 0.0110 e. The maximum Gasteiger partial charge on any atom is -0.0110 e. The lowest BCUT2D eigenvalue weighted by atomic mass is 9.77. The molecule has 0 saturated heterocycles. The summed E-state index contributed by atoms with van der Waals surface area (Å²) in [5.41, 5.74) is 0.631. The van der Waals surface area contributed by atoms with E-state index in [1.54, 1.807) is 0 Å². The highest BCUT2D eigenvalue weighted by Crippen LogP contribution is 2.62. The Labute approximate surface area is 130 Å². The summed E-state index contributed by atoms with van der Waals surface area (Å²) in [5.74, 6) is 7.40. The number of fused-ring (bicyclic) bond motifs is 10. The van der Waals surface area contributed by atoms with Crippen molar-refractivity contribution in [1.29, 1.82) is 0 Å². The Kier molecular flexibility index (Phi) is 2.77. The molecule has 114 valence electrons. The maximum absolute atomic E-state index is 2.50. The molecular weight excluding hydrogens is 252 g/mol. The van der Waals surface area contributed by atoms with Crippen LogP contribution in [0.1, 0.15) is 58.3 Å². The zero-order chi connectivity index (χ0) is 14.0. The number of allylic oxidation sites excluding steroid dienone is 4. The zero-order valence-corrected chi connectivity index (χ0v) is 13.5. The predicted molar refractivity (Wildman–Crippen MR) is 87.8 cm³/mol. The first-order valence-corrected chi connectivity index (χ1v) is 9.62. The van der Waals surface area contributed by atoms with Gasteiger partial charge in [0.1, 0.15) is 0 Å². The third-order valence-electron chi connectivity index (χ3n) is 8.24. The molecule has 4 saturated carbocycles. The van der Waals surface area contributed by atoms with E-state index in [1.165, 1.54) is 51.4 Å². The van der Waals surface area contributed by atoms with Gasteiger partial charge in [-0.25, -0.2) is 0 Å². The Hall–Kier alpha value is -0.520. The lowest BCUT2D eigenvalue weighted by molar-refractivity contribution is 0.274. The van der Waals surface area contributed by atoms with Crippen LogP contribution < -0.4 is 0 Å². The van der Waals surface area contributed by atoms with E-state index in [1.807, 2.05) is 0 Å². The molecule has 0 aliphatic heterocycles. The van der Waals surface area contributed by atoms with Crippen LogP contribution in [0.5, 0.6) is 0 Å². The fourth-order valence-electron chi connectivity index (χ4n) is 7.35. The minimum absolute atomic E-state index is 0.631. The molecule has 21 heavy (non-hydrogen) atoms. The zero-order valence-electron chi connectivity index (χ0n) is 13.5. The van der Waals surface area contributed by atoms with Gasteiger partial charge in [-0.1, -0.05) is 44.1 Å². The van der Waals surface area contributed by atoms with Crippen molar-refractivity contribution >= 4 is 0 Å². The van der Waals surface area contributed by atoms with E-state index in [2.05, 4.69) is 31.2 Å². The summed E-state index contributed by atoms with van der Waals surface area (Å²) in [4.78, 5) is 0. The van der Waals surface area contributed by atoms with Crippen LogP contribution in [0.25, 0.3) is 0 Å². The van der Waals surface area contributed by atoms with Crippen molar-refractivity contribution in [3.63, 3.8) is 0 Å². The number of rotatable bonds is 0. The molecule has 8 unspecified atom stereocenters. The van der Waals surface area contributed by atoms with Crippen LogP contribution >= 0.6 is 0 Å². The van der Waals surface area contributed by atoms with E-state index >= 15 is 0 Å². The molecule has 0 nitrogen and oxygen atoms in total. The van der Waals surface area contributed by atoms with E-state index in [4.69, 9.17) is 0 Å². The third kappa shape index (κ3) is 1.80. The highest BCUT2D eigenvalue weighted by atomic mass is 14.6. The van der Waals surface area contributed by atoms with Gasteiger partial charge in [0.05, 0.1) is 0 Å². The van der Waals surface area contributed by atoms with Crippen molar-refractivity contribution in [1.82, 2.24) is 0 Å². The molecule has 0 heteroatoms. The van der Waals surface area contributed by atoms with Gasteiger partial charge in [-0.2, -0.15) is 0 Å². The van der Waals surface area contributed by atoms with Crippen molar-refractivity contribution in [2.45, 2.75) is 58.3 Å². The van der Waals surface area contributed by atoms with Crippen molar-refractivity contribution < 1.29 is 0 Å². The molecule has 4 fully saturated rings. The second-order valence-corrected chi connectivity index (χ2v) is 9.14. The maximum atomic E-state index is 2.50. The van der Waals surface area contributed by atoms with Crippen molar-refractivity contribution in [3.8, 4) is 0 Å². The van der Waals surface area contributed by atoms with Gasteiger partial charge < -0.3 is 0 Å². The van der Waals surface area contributed by atoms with E-state index < -0.39 is 0 Å². The van der Waals surface area contributed by atoms with Gasteiger partial charge in [-0.3, -0.25) is 0 Å². The van der Waals surface area contributed by atoms with Gasteiger partial charge in [0.2, 0.25) is 0 Å². The molecule has 8 atom stereocenters. The molecule has 0 heterocycles. The van der Waals surface area contributed by atoms with Crippen molar-refractivity contribution in [2.75, 3.05) is 0 Å². The molecule has 6 aliphatic rings. The fraction of sp³-hybridized carbons (Fsp3) is 0.810. The van der Waals surface area contributed by atoms with E-state index in [0.29, 0.717) is 5.41 Å². The van der Waals surface area contributed by atoms with E-state index in [9.17, 15) is 0 Å². The monoisotopic (exact) mass is 282 g/mol. The Morgan fingerprint density at radius 3 is 2.14 bits per heavy atom. The van der Waals surface area contributed by atoms with Gasteiger partial charge in [0.15, 0.2) is 0 Å². The molecule has 6 rings (SSSR count). The van der Waals surface area contributed by atoms with Crippen LogP contribution in [0.4, 0.5) is 0 Å². The summed E-state index contributed by atoms with van der Waals surface area (Å²) < 4.78 is 0. The summed E-state index contributed by atoms with van der Waals surface area (Å²) in [6, 6.07) is 0. The fourth-order valence-corrected chi connectivity index (χ4v) is 7.35. The quantitative estimate of drug-likeness (QED) is 0.507. The molecule has 0 aromatic rings. The van der Waals surface area contributed by atoms with Crippen LogP contribution in [0.2, 0.25) is 0 Å². The van der Waals surface area contributed by atoms with Crippen LogP contribution in [0.15, 0.2) is 24.3 Å².